The van der Waals surface area contributed by atoms with Crippen LogP contribution in [0.1, 0.15) is 11.1 Å². The van der Waals surface area contributed by atoms with Crippen molar-refractivity contribution < 1.29 is 13.9 Å². The van der Waals surface area contributed by atoms with Gasteiger partial charge in [-0.25, -0.2) is 0 Å². The number of ether oxygens (including phenoxy) is 2. The van der Waals surface area contributed by atoms with Crippen molar-refractivity contribution in [3.05, 3.63) is 94.1 Å². The predicted octanol–water partition coefficient (Wildman–Crippen LogP) is 5.65. The van der Waals surface area contributed by atoms with E-state index in [2.05, 4.69) is 0 Å². The van der Waals surface area contributed by atoms with Gasteiger partial charge in [0.2, 0.25) is 0 Å². The summed E-state index contributed by atoms with van der Waals surface area (Å²) >= 11 is 0. The van der Waals surface area contributed by atoms with Crippen LogP contribution in [-0.4, -0.2) is 14.2 Å². The molecule has 0 aliphatic rings. The molecule has 0 bridgehead atoms. The molecule has 4 aromatic rings. The van der Waals surface area contributed by atoms with Crippen molar-refractivity contribution in [2.45, 2.75) is 0 Å². The van der Waals surface area contributed by atoms with Gasteiger partial charge in [0, 0.05) is 23.8 Å². The normalized spacial score (nSPS) is 11.1. The smallest absolute Gasteiger partial charge is 0.197 e. The number of hydrogen-bond acceptors (Lipinski definition) is 4. The lowest BCUT2D eigenvalue weighted by Crippen LogP contribution is -2.03. The highest BCUT2D eigenvalue weighted by atomic mass is 16.5. The summed E-state index contributed by atoms with van der Waals surface area (Å²) in [6.07, 6.45) is 4.05. The minimum absolute atomic E-state index is 0.164. The van der Waals surface area contributed by atoms with Crippen LogP contribution in [0.25, 0.3) is 34.4 Å². The van der Waals surface area contributed by atoms with E-state index in [0.29, 0.717) is 28.2 Å². The number of rotatable bonds is 5. The molecule has 1 heterocycles. The van der Waals surface area contributed by atoms with Crippen LogP contribution in [0, 0.1) is 0 Å². The Labute approximate surface area is 168 Å². The monoisotopic (exact) mass is 384 g/mol. The van der Waals surface area contributed by atoms with E-state index in [-0.39, 0.29) is 5.43 Å². The molecular weight excluding hydrogens is 364 g/mol. The van der Waals surface area contributed by atoms with Crippen LogP contribution in [0.5, 0.6) is 11.5 Å². The molecule has 0 fully saturated rings. The molecule has 0 spiro atoms. The molecule has 4 nitrogen and oxygen atoms in total. The zero-order chi connectivity index (χ0) is 20.2. The highest BCUT2D eigenvalue weighted by Gasteiger charge is 2.14. The van der Waals surface area contributed by atoms with Crippen LogP contribution in [0.2, 0.25) is 0 Å². The highest BCUT2D eigenvalue weighted by molar-refractivity contribution is 5.87. The largest absolute Gasteiger partial charge is 0.496 e. The van der Waals surface area contributed by atoms with Crippen molar-refractivity contribution in [3.8, 4) is 22.8 Å². The average molecular weight is 384 g/mol. The second-order valence-corrected chi connectivity index (χ2v) is 6.51. The molecule has 1 aromatic heterocycles. The quantitative estimate of drug-likeness (QED) is 0.417. The fourth-order valence-corrected chi connectivity index (χ4v) is 3.26. The van der Waals surface area contributed by atoms with Gasteiger partial charge in [-0.15, -0.1) is 0 Å². The Kier molecular flexibility index (Phi) is 5.16. The maximum Gasteiger partial charge on any atom is 0.197 e. The Morgan fingerprint density at radius 2 is 1.59 bits per heavy atom. The Balaban J connectivity index is 1.85. The van der Waals surface area contributed by atoms with Gasteiger partial charge in [0.1, 0.15) is 28.2 Å². The molecule has 4 heteroatoms. The Bertz CT molecular complexity index is 1240. The first kappa shape index (κ1) is 18.6. The van der Waals surface area contributed by atoms with E-state index in [1.54, 1.807) is 19.2 Å². The fourth-order valence-electron chi connectivity index (χ4n) is 3.26. The average Bonchev–Trinajstić information content (AvgIpc) is 2.77. The van der Waals surface area contributed by atoms with Crippen LogP contribution in [0.4, 0.5) is 0 Å². The van der Waals surface area contributed by atoms with Crippen LogP contribution in [-0.2, 0) is 0 Å². The van der Waals surface area contributed by atoms with Crippen molar-refractivity contribution in [2.24, 2.45) is 0 Å². The van der Waals surface area contributed by atoms with E-state index < -0.39 is 0 Å². The highest BCUT2D eigenvalue weighted by Crippen LogP contribution is 2.33. The summed E-state index contributed by atoms with van der Waals surface area (Å²) in [5.41, 5.74) is 3.14. The molecule has 29 heavy (non-hydrogen) atoms. The van der Waals surface area contributed by atoms with Crippen LogP contribution in [0.15, 0.2) is 82.0 Å². The van der Waals surface area contributed by atoms with Crippen LogP contribution < -0.4 is 14.9 Å². The molecule has 0 atom stereocenters. The minimum Gasteiger partial charge on any atom is -0.496 e. The van der Waals surface area contributed by atoms with E-state index in [1.165, 1.54) is 13.2 Å². The first-order valence-corrected chi connectivity index (χ1v) is 9.22. The van der Waals surface area contributed by atoms with Gasteiger partial charge in [0.15, 0.2) is 5.43 Å². The number of methoxy groups -OCH3 is 2. The predicted molar refractivity (Wildman–Crippen MR) is 116 cm³/mol. The van der Waals surface area contributed by atoms with E-state index in [0.717, 1.165) is 16.7 Å². The first-order chi connectivity index (χ1) is 14.2. The van der Waals surface area contributed by atoms with E-state index in [9.17, 15) is 4.79 Å². The van der Waals surface area contributed by atoms with Gasteiger partial charge in [-0.3, -0.25) is 4.79 Å². The summed E-state index contributed by atoms with van der Waals surface area (Å²) in [5, 5.41) is 0.398. The van der Waals surface area contributed by atoms with Gasteiger partial charge < -0.3 is 13.9 Å². The lowest BCUT2D eigenvalue weighted by atomic mass is 10.0. The molecule has 4 rings (SSSR count). The number of hydrogen-bond donors (Lipinski definition) is 0. The standard InChI is InChI=1S/C25H20O4/c1-27-19-14-23(28-2)25-21(26)16-22(29-24(25)15-19)20-11-7-6-10-18(20)13-12-17-8-4-3-5-9-17/h3-16H,1-2H3/b13-12+. The molecule has 144 valence electrons. The van der Waals surface area contributed by atoms with Crippen molar-refractivity contribution in [2.75, 3.05) is 14.2 Å². The molecule has 0 unspecified atom stereocenters. The van der Waals surface area contributed by atoms with Crippen LogP contribution in [0.3, 0.4) is 0 Å². The second-order valence-electron chi connectivity index (χ2n) is 6.51. The third-order valence-electron chi connectivity index (χ3n) is 4.70. The zero-order valence-corrected chi connectivity index (χ0v) is 16.2. The van der Waals surface area contributed by atoms with Gasteiger partial charge in [0.05, 0.1) is 14.2 Å². The topological polar surface area (TPSA) is 48.7 Å². The molecule has 0 aliphatic carbocycles. The molecular formula is C25H20O4. The molecule has 3 aromatic carbocycles. The van der Waals surface area contributed by atoms with E-state index in [1.807, 2.05) is 66.7 Å². The maximum atomic E-state index is 12.8. The number of fused-ring (bicyclic) bond motifs is 1. The molecule has 0 amide bonds. The van der Waals surface area contributed by atoms with Gasteiger partial charge in [0.25, 0.3) is 0 Å². The van der Waals surface area contributed by atoms with E-state index >= 15 is 0 Å². The zero-order valence-electron chi connectivity index (χ0n) is 16.2. The Hall–Kier alpha value is -3.79. The fraction of sp³-hybridized carbons (Fsp3) is 0.0800. The molecule has 0 saturated carbocycles. The van der Waals surface area contributed by atoms with Gasteiger partial charge in [-0.1, -0.05) is 66.7 Å². The summed E-state index contributed by atoms with van der Waals surface area (Å²) in [7, 11) is 3.08. The van der Waals surface area contributed by atoms with Crippen LogP contribution >= 0.6 is 0 Å². The maximum absolute atomic E-state index is 12.8. The Morgan fingerprint density at radius 3 is 2.34 bits per heavy atom. The summed E-state index contributed by atoms with van der Waals surface area (Å²) in [6, 6.07) is 22.7. The summed E-state index contributed by atoms with van der Waals surface area (Å²) in [4.78, 5) is 12.8. The molecule has 0 radical (unpaired) electrons. The molecule has 0 saturated heterocycles. The second kappa shape index (κ2) is 8.07. The van der Waals surface area contributed by atoms with Gasteiger partial charge in [-0.05, 0) is 11.1 Å². The summed E-state index contributed by atoms with van der Waals surface area (Å²) < 4.78 is 16.8. The Morgan fingerprint density at radius 1 is 0.828 bits per heavy atom. The van der Waals surface area contributed by atoms with Gasteiger partial charge in [-0.2, -0.15) is 0 Å². The van der Waals surface area contributed by atoms with Crippen molar-refractivity contribution >= 4 is 23.1 Å². The van der Waals surface area contributed by atoms with Crippen molar-refractivity contribution in [3.63, 3.8) is 0 Å². The molecule has 0 N–H and O–H groups in total. The molecule has 0 aliphatic heterocycles. The van der Waals surface area contributed by atoms with Crippen molar-refractivity contribution in [1.29, 1.82) is 0 Å². The first-order valence-electron chi connectivity index (χ1n) is 9.22. The third-order valence-corrected chi connectivity index (χ3v) is 4.70. The van der Waals surface area contributed by atoms with Gasteiger partial charge >= 0.3 is 0 Å². The SMILES string of the molecule is COc1cc(OC)c2c(=O)cc(-c3ccccc3/C=C/c3ccccc3)oc2c1. The van der Waals surface area contributed by atoms with Crippen molar-refractivity contribution in [1.82, 2.24) is 0 Å². The lowest BCUT2D eigenvalue weighted by Gasteiger charge is -2.10. The summed E-state index contributed by atoms with van der Waals surface area (Å²) in [5.74, 6) is 1.48. The lowest BCUT2D eigenvalue weighted by molar-refractivity contribution is 0.396. The van der Waals surface area contributed by atoms with E-state index in [4.69, 9.17) is 13.9 Å². The number of benzene rings is 3. The minimum atomic E-state index is -0.164. The summed E-state index contributed by atoms with van der Waals surface area (Å²) in [6.45, 7) is 0. The third kappa shape index (κ3) is 3.78.